The fourth-order valence-electron chi connectivity index (χ4n) is 0.599. The quantitative estimate of drug-likeness (QED) is 0.561. The van der Waals surface area contributed by atoms with Crippen molar-refractivity contribution in [1.29, 1.82) is 0 Å². The van der Waals surface area contributed by atoms with Crippen LogP contribution in [0.4, 0.5) is 0 Å². The van der Waals surface area contributed by atoms with Crippen LogP contribution in [0.3, 0.4) is 0 Å². The van der Waals surface area contributed by atoms with Gasteiger partial charge in [0.05, 0.1) is 0 Å². The second-order valence-electron chi connectivity index (χ2n) is 1.61. The number of hydrogen-bond acceptors (Lipinski definition) is 1. The van der Waals surface area contributed by atoms with Crippen LogP contribution < -0.4 is 0 Å². The zero-order chi connectivity index (χ0) is 5.98. The van der Waals surface area contributed by atoms with Gasteiger partial charge in [-0.2, -0.15) is 0 Å². The Hall–Kier alpha value is -0.162. The molecule has 41 valence electrons. The Morgan fingerprint density at radius 1 is 1.75 bits per heavy atom. The van der Waals surface area contributed by atoms with E-state index >= 15 is 0 Å². The molecule has 0 aromatic carbocycles. The van der Waals surface area contributed by atoms with Gasteiger partial charge in [-0.1, -0.05) is 0 Å². The zero-order valence-electron chi connectivity index (χ0n) is 4.26. The molecule has 0 atom stereocenters. The zero-order valence-corrected chi connectivity index (χ0v) is 6.26. The number of hydrogen-bond donors (Lipinski definition) is 0. The number of carbonyl (C=O) groups is 1. The van der Waals surface area contributed by atoms with Crippen molar-refractivity contribution in [1.82, 2.24) is 0 Å². The van der Waals surface area contributed by atoms with Gasteiger partial charge < -0.3 is 0 Å². The Bertz CT molecular complexity index is 167. The van der Waals surface area contributed by atoms with Crippen molar-refractivity contribution in [3.8, 4) is 0 Å². The Morgan fingerprint density at radius 3 is 2.75 bits per heavy atom. The first-order chi connectivity index (χ1) is 3.80. The van der Waals surface area contributed by atoms with Gasteiger partial charge in [0.15, 0.2) is 0 Å². The van der Waals surface area contributed by atoms with Crippen molar-refractivity contribution >= 4 is 4.17 Å². The maximum absolute atomic E-state index is 10.5. The van der Waals surface area contributed by atoms with Gasteiger partial charge in [0.25, 0.3) is 0 Å². The molecule has 0 aromatic heterocycles. The van der Waals surface area contributed by atoms with E-state index in [1.807, 2.05) is 18.2 Å². The molecule has 0 aliphatic heterocycles. The summed E-state index contributed by atoms with van der Waals surface area (Å²) in [6, 6.07) is 0. The second kappa shape index (κ2) is 2.41. The van der Waals surface area contributed by atoms with Gasteiger partial charge in [-0.15, -0.1) is 0 Å². The molecule has 0 fully saturated rings. The van der Waals surface area contributed by atoms with Gasteiger partial charge in [0.2, 0.25) is 0 Å². The molecule has 2 heteroatoms. The van der Waals surface area contributed by atoms with Crippen LogP contribution in [-0.4, -0.2) is 4.17 Å². The van der Waals surface area contributed by atoms with Crippen molar-refractivity contribution in [2.45, 2.75) is 6.42 Å². The normalized spacial score (nSPS) is 16.2. The minimum absolute atomic E-state index is 0.200. The molecule has 0 spiro atoms. The van der Waals surface area contributed by atoms with Crippen molar-refractivity contribution in [2.75, 3.05) is 0 Å². The summed E-state index contributed by atoms with van der Waals surface area (Å²) in [5.74, 6) is 0. The summed E-state index contributed by atoms with van der Waals surface area (Å²) in [5, 5.41) is 0. The van der Waals surface area contributed by atoms with Crippen LogP contribution >= 0.6 is 0 Å². The Labute approximate surface area is 59.4 Å². The minimum atomic E-state index is 0.200. The number of carbonyl (C=O) groups excluding carboxylic acids is 1. The summed E-state index contributed by atoms with van der Waals surface area (Å²) >= 11 is 1.53. The molecule has 0 saturated heterocycles. The van der Waals surface area contributed by atoms with Crippen molar-refractivity contribution in [3.63, 3.8) is 0 Å². The van der Waals surface area contributed by atoms with Gasteiger partial charge in [-0.05, 0) is 0 Å². The molecule has 0 saturated carbocycles. The van der Waals surface area contributed by atoms with Crippen LogP contribution in [0.2, 0.25) is 0 Å². The average Bonchev–Trinajstić information content (AvgIpc) is 2.12. The molecule has 8 heavy (non-hydrogen) atoms. The Morgan fingerprint density at radius 2 is 2.50 bits per heavy atom. The standard InChI is InChI=1S/C6H5O.Mo/c7-5-6-3-1-2-4-6;/h1-3H,4H2;. The summed E-state index contributed by atoms with van der Waals surface area (Å²) in [5.41, 5.74) is 0.926. The molecule has 0 amide bonds. The van der Waals surface area contributed by atoms with Gasteiger partial charge in [-0.25, -0.2) is 0 Å². The van der Waals surface area contributed by atoms with Crippen LogP contribution in [-0.2, 0) is 24.6 Å². The first-order valence-electron chi connectivity index (χ1n) is 2.38. The topological polar surface area (TPSA) is 17.1 Å². The first kappa shape index (κ1) is 5.97. The number of rotatable bonds is 1. The van der Waals surface area contributed by atoms with E-state index in [9.17, 15) is 4.79 Å². The second-order valence-corrected chi connectivity index (χ2v) is 2.52. The van der Waals surface area contributed by atoms with E-state index < -0.39 is 0 Å². The summed E-state index contributed by atoms with van der Waals surface area (Å²) in [6.07, 6.45) is 6.60. The molecule has 0 radical (unpaired) electrons. The van der Waals surface area contributed by atoms with E-state index in [4.69, 9.17) is 0 Å². The van der Waals surface area contributed by atoms with Gasteiger partial charge in [0, 0.05) is 0 Å². The van der Waals surface area contributed by atoms with Gasteiger partial charge in [0.1, 0.15) is 0 Å². The van der Waals surface area contributed by atoms with Crippen LogP contribution in [0.1, 0.15) is 6.42 Å². The SMILES string of the molecule is O=[C]([Mo])C1=CC=CC1. The third-order valence-corrected chi connectivity index (χ3v) is 1.68. The van der Waals surface area contributed by atoms with Crippen LogP contribution in [0.25, 0.3) is 0 Å². The molecule has 0 bridgehead atoms. The van der Waals surface area contributed by atoms with Crippen molar-refractivity contribution in [2.24, 2.45) is 0 Å². The molecular formula is C6H5MoO. The Kier molecular flexibility index (Phi) is 1.80. The van der Waals surface area contributed by atoms with E-state index in [1.165, 1.54) is 19.8 Å². The van der Waals surface area contributed by atoms with Gasteiger partial charge >= 0.3 is 59.0 Å². The molecule has 0 unspecified atom stereocenters. The molecule has 1 aliphatic rings. The van der Waals surface area contributed by atoms with Crippen molar-refractivity contribution < 1.29 is 24.6 Å². The van der Waals surface area contributed by atoms with Crippen molar-refractivity contribution in [3.05, 3.63) is 23.8 Å². The number of allylic oxidation sites excluding steroid dienone is 4. The third kappa shape index (κ3) is 1.16. The Balaban J connectivity index is 2.64. The molecule has 0 heterocycles. The first-order valence-corrected chi connectivity index (χ1v) is 3.38. The molecule has 1 aliphatic carbocycles. The predicted molar refractivity (Wildman–Crippen MR) is 26.8 cm³/mol. The molecule has 0 N–H and O–H groups in total. The van der Waals surface area contributed by atoms with E-state index in [0.29, 0.717) is 0 Å². The van der Waals surface area contributed by atoms with E-state index in [1.54, 1.807) is 0 Å². The third-order valence-electron chi connectivity index (χ3n) is 1.03. The van der Waals surface area contributed by atoms with Crippen LogP contribution in [0.15, 0.2) is 23.8 Å². The monoisotopic (exact) mass is 191 g/mol. The van der Waals surface area contributed by atoms with E-state index in [2.05, 4.69) is 0 Å². The fourth-order valence-corrected chi connectivity index (χ4v) is 0.971. The molecular weight excluding hydrogens is 184 g/mol. The van der Waals surface area contributed by atoms with Gasteiger partial charge in [-0.3, -0.25) is 0 Å². The average molecular weight is 189 g/mol. The maximum atomic E-state index is 10.5. The summed E-state index contributed by atoms with van der Waals surface area (Å²) in [6.45, 7) is 0. The predicted octanol–water partition coefficient (Wildman–Crippen LogP) is 0.946. The molecule has 1 rings (SSSR count). The summed E-state index contributed by atoms with van der Waals surface area (Å²) in [7, 11) is 0. The summed E-state index contributed by atoms with van der Waals surface area (Å²) in [4.78, 5) is 10.5. The van der Waals surface area contributed by atoms with E-state index in [-0.39, 0.29) is 4.17 Å². The fraction of sp³-hybridized carbons (Fsp3) is 0.167. The molecule has 0 aromatic rings. The summed E-state index contributed by atoms with van der Waals surface area (Å²) < 4.78 is 0.200. The van der Waals surface area contributed by atoms with E-state index in [0.717, 1.165) is 12.0 Å². The van der Waals surface area contributed by atoms with Crippen LogP contribution in [0, 0.1) is 0 Å². The van der Waals surface area contributed by atoms with Crippen LogP contribution in [0.5, 0.6) is 0 Å². The molecule has 1 nitrogen and oxygen atoms in total.